The molecule has 3 aromatic rings. The van der Waals surface area contributed by atoms with Crippen LogP contribution >= 0.6 is 0 Å². The number of hydrogen-bond donors (Lipinski definition) is 2. The lowest BCUT2D eigenvalue weighted by Crippen LogP contribution is -2.26. The molecular weight excluding hydrogens is 400 g/mol. The fourth-order valence-electron chi connectivity index (χ4n) is 3.01. The van der Waals surface area contributed by atoms with Crippen LogP contribution in [0.2, 0.25) is 0 Å². The number of nitrogens with one attached hydrogen (secondary N) is 2. The summed E-state index contributed by atoms with van der Waals surface area (Å²) in [5.74, 6) is 0.102. The highest BCUT2D eigenvalue weighted by molar-refractivity contribution is 7.92. The highest BCUT2D eigenvalue weighted by Crippen LogP contribution is 2.26. The van der Waals surface area contributed by atoms with E-state index < -0.39 is 10.0 Å². The van der Waals surface area contributed by atoms with Gasteiger partial charge in [-0.25, -0.2) is 8.42 Å². The fraction of sp³-hybridized carbons (Fsp3) is 0.174. The summed E-state index contributed by atoms with van der Waals surface area (Å²) in [4.78, 5) is 12.7. The lowest BCUT2D eigenvalue weighted by molar-refractivity contribution is 0.0953. The van der Waals surface area contributed by atoms with Crippen LogP contribution in [0.3, 0.4) is 0 Å². The molecule has 156 valence electrons. The molecule has 30 heavy (non-hydrogen) atoms. The molecule has 0 atom stereocenters. The smallest absolute Gasteiger partial charge is 0.262 e. The Balaban J connectivity index is 1.75. The van der Waals surface area contributed by atoms with E-state index in [1.807, 2.05) is 30.3 Å². The van der Waals surface area contributed by atoms with Crippen LogP contribution in [-0.2, 0) is 16.4 Å². The van der Waals surface area contributed by atoms with Gasteiger partial charge in [-0.3, -0.25) is 9.52 Å². The maximum absolute atomic E-state index is 12.9. The minimum Gasteiger partial charge on any atom is -0.495 e. The summed E-state index contributed by atoms with van der Waals surface area (Å²) in [6, 6.07) is 21.1. The first-order chi connectivity index (χ1) is 14.4. The molecule has 2 N–H and O–H groups in total. The Bertz CT molecular complexity index is 1130. The van der Waals surface area contributed by atoms with E-state index in [9.17, 15) is 13.2 Å². The zero-order valence-corrected chi connectivity index (χ0v) is 17.7. The van der Waals surface area contributed by atoms with Crippen molar-refractivity contribution in [3.05, 3.63) is 89.5 Å². The second-order valence-corrected chi connectivity index (χ2v) is 8.46. The highest BCUT2D eigenvalue weighted by Gasteiger charge is 2.19. The number of amides is 1. The predicted molar refractivity (Wildman–Crippen MR) is 117 cm³/mol. The molecule has 0 bridgehead atoms. The molecule has 0 radical (unpaired) electrons. The van der Waals surface area contributed by atoms with Crippen molar-refractivity contribution in [2.24, 2.45) is 0 Å². The average molecular weight is 425 g/mol. The Hall–Kier alpha value is -3.32. The molecule has 0 unspecified atom stereocenters. The zero-order valence-electron chi connectivity index (χ0n) is 16.9. The summed E-state index contributed by atoms with van der Waals surface area (Å²) in [6.45, 7) is 2.23. The van der Waals surface area contributed by atoms with Crippen molar-refractivity contribution in [2.75, 3.05) is 18.4 Å². The van der Waals surface area contributed by atoms with Gasteiger partial charge in [0.2, 0.25) is 0 Å². The first-order valence-electron chi connectivity index (χ1n) is 9.49. The Kier molecular flexibility index (Phi) is 6.74. The number of sulfonamides is 1. The van der Waals surface area contributed by atoms with E-state index in [0.29, 0.717) is 35.5 Å². The zero-order chi connectivity index (χ0) is 21.6. The summed E-state index contributed by atoms with van der Waals surface area (Å²) in [5.41, 5.74) is 2.47. The molecule has 3 rings (SSSR count). The molecule has 6 nitrogen and oxygen atoms in total. The maximum atomic E-state index is 12.9. The number of rotatable bonds is 8. The normalized spacial score (nSPS) is 11.0. The molecule has 0 spiro atoms. The van der Waals surface area contributed by atoms with Crippen LogP contribution in [0.4, 0.5) is 5.69 Å². The molecule has 3 aromatic carbocycles. The number of aryl methyl sites for hydroxylation is 1. The van der Waals surface area contributed by atoms with Gasteiger partial charge < -0.3 is 10.1 Å². The minimum atomic E-state index is -3.89. The van der Waals surface area contributed by atoms with Crippen molar-refractivity contribution in [3.8, 4) is 5.75 Å². The van der Waals surface area contributed by atoms with Gasteiger partial charge in [0, 0.05) is 12.1 Å². The van der Waals surface area contributed by atoms with Crippen LogP contribution in [0.5, 0.6) is 5.75 Å². The fourth-order valence-corrected chi connectivity index (χ4v) is 4.10. The van der Waals surface area contributed by atoms with Crippen molar-refractivity contribution >= 4 is 21.6 Å². The molecule has 0 saturated heterocycles. The van der Waals surface area contributed by atoms with Gasteiger partial charge in [-0.05, 0) is 48.7 Å². The summed E-state index contributed by atoms with van der Waals surface area (Å²) >= 11 is 0. The van der Waals surface area contributed by atoms with Crippen LogP contribution in [0, 0.1) is 6.92 Å². The average Bonchev–Trinajstić information content (AvgIpc) is 2.74. The molecular formula is C23H24N2O4S. The minimum absolute atomic E-state index is 0.00668. The van der Waals surface area contributed by atoms with Crippen LogP contribution in [0.25, 0.3) is 0 Å². The van der Waals surface area contributed by atoms with Crippen LogP contribution in [0.15, 0.2) is 77.7 Å². The largest absolute Gasteiger partial charge is 0.495 e. The quantitative estimate of drug-likeness (QED) is 0.576. The van der Waals surface area contributed by atoms with Crippen LogP contribution in [-0.4, -0.2) is 28.0 Å². The van der Waals surface area contributed by atoms with E-state index in [1.54, 1.807) is 37.3 Å². The van der Waals surface area contributed by atoms with Gasteiger partial charge in [0.15, 0.2) is 0 Å². The Morgan fingerprint density at radius 1 is 0.967 bits per heavy atom. The van der Waals surface area contributed by atoms with Crippen molar-refractivity contribution in [1.29, 1.82) is 0 Å². The lowest BCUT2D eigenvalue weighted by Gasteiger charge is -2.13. The SMILES string of the molecule is COc1ccccc1NS(=O)(=O)c1ccc(C)c(C(=O)NCCc2ccccc2)c1. The predicted octanol–water partition coefficient (Wildman–Crippen LogP) is 3.78. The molecule has 0 aliphatic carbocycles. The third kappa shape index (κ3) is 5.18. The van der Waals surface area contributed by atoms with Crippen LogP contribution < -0.4 is 14.8 Å². The topological polar surface area (TPSA) is 84.5 Å². The number of carbonyl (C=O) groups excluding carboxylic acids is 1. The number of hydrogen-bond acceptors (Lipinski definition) is 4. The van der Waals surface area contributed by atoms with E-state index >= 15 is 0 Å². The standard InChI is InChI=1S/C23H24N2O4S/c1-17-12-13-19(30(27,28)25-21-10-6-7-11-22(21)29-2)16-20(17)23(26)24-15-14-18-8-4-3-5-9-18/h3-13,16,25H,14-15H2,1-2H3,(H,24,26). The molecule has 0 saturated carbocycles. The van der Waals surface area contributed by atoms with Crippen molar-refractivity contribution in [3.63, 3.8) is 0 Å². The number of para-hydroxylation sites is 2. The third-order valence-corrected chi connectivity index (χ3v) is 6.02. The first kappa shape index (κ1) is 21.4. The van der Waals surface area contributed by atoms with Crippen molar-refractivity contribution < 1.29 is 17.9 Å². The van der Waals surface area contributed by atoms with Gasteiger partial charge in [0.25, 0.3) is 15.9 Å². The molecule has 0 aromatic heterocycles. The molecule has 0 fully saturated rings. The van der Waals surface area contributed by atoms with Gasteiger partial charge in [-0.1, -0.05) is 48.5 Å². The molecule has 0 aliphatic rings. The lowest BCUT2D eigenvalue weighted by atomic mass is 10.1. The second-order valence-electron chi connectivity index (χ2n) is 6.77. The number of anilines is 1. The van der Waals surface area contributed by atoms with Gasteiger partial charge in [-0.15, -0.1) is 0 Å². The van der Waals surface area contributed by atoms with Gasteiger partial charge in [-0.2, -0.15) is 0 Å². The van der Waals surface area contributed by atoms with E-state index in [-0.39, 0.29) is 10.8 Å². The Labute approximate surface area is 177 Å². The van der Waals surface area contributed by atoms with Crippen molar-refractivity contribution in [2.45, 2.75) is 18.2 Å². The third-order valence-electron chi connectivity index (χ3n) is 4.66. The molecule has 0 aliphatic heterocycles. The van der Waals surface area contributed by atoms with E-state index in [4.69, 9.17) is 4.74 Å². The monoisotopic (exact) mass is 424 g/mol. The highest BCUT2D eigenvalue weighted by atomic mass is 32.2. The number of carbonyl (C=O) groups is 1. The van der Waals surface area contributed by atoms with E-state index in [1.165, 1.54) is 19.2 Å². The number of methoxy groups -OCH3 is 1. The summed E-state index contributed by atoms with van der Waals surface area (Å²) in [6.07, 6.45) is 0.693. The number of benzene rings is 3. The van der Waals surface area contributed by atoms with E-state index in [0.717, 1.165) is 5.56 Å². The van der Waals surface area contributed by atoms with Gasteiger partial charge in [0.1, 0.15) is 5.75 Å². The number of ether oxygens (including phenoxy) is 1. The molecule has 0 heterocycles. The van der Waals surface area contributed by atoms with E-state index in [2.05, 4.69) is 10.0 Å². The first-order valence-corrected chi connectivity index (χ1v) is 11.0. The van der Waals surface area contributed by atoms with Gasteiger partial charge in [0.05, 0.1) is 17.7 Å². The van der Waals surface area contributed by atoms with Crippen molar-refractivity contribution in [1.82, 2.24) is 5.32 Å². The summed E-state index contributed by atoms with van der Waals surface area (Å²) < 4.78 is 33.4. The summed E-state index contributed by atoms with van der Waals surface area (Å²) in [7, 11) is -2.42. The maximum Gasteiger partial charge on any atom is 0.262 e. The molecule has 1 amide bonds. The Morgan fingerprint density at radius 2 is 1.67 bits per heavy atom. The molecule has 7 heteroatoms. The van der Waals surface area contributed by atoms with Crippen LogP contribution in [0.1, 0.15) is 21.5 Å². The Morgan fingerprint density at radius 3 is 2.40 bits per heavy atom. The van der Waals surface area contributed by atoms with Gasteiger partial charge >= 0.3 is 0 Å². The second kappa shape index (κ2) is 9.45. The summed E-state index contributed by atoms with van der Waals surface area (Å²) in [5, 5.41) is 2.86.